The molecule has 2 N–H and O–H groups in total. The minimum atomic E-state index is -1.25. The number of hydroxylamine groups is 2. The van der Waals surface area contributed by atoms with Gasteiger partial charge in [-0.05, 0) is 12.1 Å². The van der Waals surface area contributed by atoms with Crippen molar-refractivity contribution in [1.82, 2.24) is 10.4 Å². The number of para-hydroxylation sites is 1. The molecule has 1 aromatic rings. The fraction of sp³-hybridized carbons (Fsp3) is 0.400. The van der Waals surface area contributed by atoms with Gasteiger partial charge in [0.25, 0.3) is 0 Å². The molecule has 5 nitrogen and oxygen atoms in total. The Balaban J connectivity index is 1.77. The minimum Gasteiger partial charge on any atom is -0.511 e. The van der Waals surface area contributed by atoms with E-state index in [2.05, 4.69) is 5.32 Å². The molecule has 0 saturated carbocycles. The van der Waals surface area contributed by atoms with E-state index in [4.69, 9.17) is 9.41 Å². The van der Waals surface area contributed by atoms with E-state index in [1.807, 2.05) is 18.2 Å². The van der Waals surface area contributed by atoms with Crippen molar-refractivity contribution in [2.75, 3.05) is 26.2 Å². The maximum absolute atomic E-state index is 9.55. The average Bonchev–Trinajstić information content (AvgIpc) is 2.31. The summed E-state index contributed by atoms with van der Waals surface area (Å²) in [6, 6.07) is 9.10. The first-order valence-electron chi connectivity index (χ1n) is 5.37. The van der Waals surface area contributed by atoms with Crippen molar-refractivity contribution in [3.63, 3.8) is 0 Å². The Morgan fingerprint density at radius 3 is 2.56 bits per heavy atom. The largest absolute Gasteiger partial charge is 0.728 e. The van der Waals surface area contributed by atoms with Gasteiger partial charge < -0.3 is 15.0 Å². The van der Waals surface area contributed by atoms with Crippen molar-refractivity contribution >= 4 is 7.32 Å². The summed E-state index contributed by atoms with van der Waals surface area (Å²) in [5, 5.41) is 14.4. The lowest BCUT2D eigenvalue weighted by molar-refractivity contribution is -0.0990. The van der Waals surface area contributed by atoms with Crippen LogP contribution in [0, 0.1) is 0 Å². The predicted molar refractivity (Wildman–Crippen MR) is 60.6 cm³/mol. The fourth-order valence-corrected chi connectivity index (χ4v) is 1.51. The maximum atomic E-state index is 9.55. The standard InChI is InChI=1S/C10H15BN2O3/c14-11(15-10-4-2-1-3-5-10)16-13-8-6-12-7-9-13/h1-5,12,14H,6-9H2. The normalized spacial score (nSPS) is 17.1. The van der Waals surface area contributed by atoms with Gasteiger partial charge in [-0.15, -0.1) is 0 Å². The highest BCUT2D eigenvalue weighted by molar-refractivity contribution is 6.35. The van der Waals surface area contributed by atoms with Crippen LogP contribution in [0.5, 0.6) is 5.75 Å². The van der Waals surface area contributed by atoms with Crippen LogP contribution in [0.1, 0.15) is 0 Å². The van der Waals surface area contributed by atoms with E-state index in [0.717, 1.165) is 26.2 Å². The van der Waals surface area contributed by atoms with Gasteiger partial charge in [0.2, 0.25) is 0 Å². The molecule has 86 valence electrons. The van der Waals surface area contributed by atoms with Crippen molar-refractivity contribution in [1.29, 1.82) is 0 Å². The number of benzene rings is 1. The molecule has 0 atom stereocenters. The van der Waals surface area contributed by atoms with Gasteiger partial charge in [0.15, 0.2) is 0 Å². The Morgan fingerprint density at radius 1 is 1.19 bits per heavy atom. The average molecular weight is 222 g/mol. The van der Waals surface area contributed by atoms with Gasteiger partial charge in [-0.25, -0.2) is 0 Å². The van der Waals surface area contributed by atoms with Crippen LogP contribution in [0.4, 0.5) is 0 Å². The van der Waals surface area contributed by atoms with Crippen LogP contribution in [-0.4, -0.2) is 43.6 Å². The second kappa shape index (κ2) is 5.86. The molecule has 0 aromatic heterocycles. The van der Waals surface area contributed by atoms with Gasteiger partial charge in [-0.3, -0.25) is 4.76 Å². The second-order valence-electron chi connectivity index (χ2n) is 3.52. The first-order valence-corrected chi connectivity index (χ1v) is 5.37. The Bertz CT molecular complexity index is 306. The highest BCUT2D eigenvalue weighted by Gasteiger charge is 2.24. The molecular formula is C10H15BN2O3. The summed E-state index contributed by atoms with van der Waals surface area (Å²) in [7, 11) is -1.25. The first-order chi connectivity index (χ1) is 7.84. The summed E-state index contributed by atoms with van der Waals surface area (Å²) >= 11 is 0. The molecule has 0 radical (unpaired) electrons. The van der Waals surface area contributed by atoms with Crippen molar-refractivity contribution in [3.05, 3.63) is 30.3 Å². The zero-order valence-electron chi connectivity index (χ0n) is 9.00. The molecule has 1 heterocycles. The molecule has 1 aliphatic heterocycles. The van der Waals surface area contributed by atoms with Crippen molar-refractivity contribution in [3.8, 4) is 5.75 Å². The molecule has 1 fully saturated rings. The SMILES string of the molecule is OB(Oc1ccccc1)ON1CCNCC1. The van der Waals surface area contributed by atoms with Crippen LogP contribution in [0.15, 0.2) is 30.3 Å². The first kappa shape index (κ1) is 11.4. The fourth-order valence-electron chi connectivity index (χ4n) is 1.51. The summed E-state index contributed by atoms with van der Waals surface area (Å²) in [6.45, 7) is 3.21. The Morgan fingerprint density at radius 2 is 1.88 bits per heavy atom. The molecule has 0 bridgehead atoms. The Hall–Kier alpha value is -1.08. The highest BCUT2D eigenvalue weighted by Crippen LogP contribution is 2.09. The molecule has 0 unspecified atom stereocenters. The number of nitrogens with zero attached hydrogens (tertiary/aromatic N) is 1. The van der Waals surface area contributed by atoms with E-state index in [9.17, 15) is 5.02 Å². The molecule has 1 aromatic carbocycles. The van der Waals surface area contributed by atoms with E-state index in [0.29, 0.717) is 5.75 Å². The number of nitrogens with one attached hydrogen (secondary N) is 1. The molecule has 0 spiro atoms. The van der Waals surface area contributed by atoms with Crippen LogP contribution in [0.3, 0.4) is 0 Å². The monoisotopic (exact) mass is 222 g/mol. The van der Waals surface area contributed by atoms with Gasteiger partial charge in [-0.1, -0.05) is 18.2 Å². The lowest BCUT2D eigenvalue weighted by Crippen LogP contribution is -2.47. The van der Waals surface area contributed by atoms with Gasteiger partial charge in [0.1, 0.15) is 5.75 Å². The highest BCUT2D eigenvalue weighted by atomic mass is 16.8. The smallest absolute Gasteiger partial charge is 0.511 e. The van der Waals surface area contributed by atoms with Gasteiger partial charge in [0, 0.05) is 26.2 Å². The zero-order chi connectivity index (χ0) is 11.2. The Labute approximate surface area is 95.1 Å². The quantitative estimate of drug-likeness (QED) is 0.695. The molecule has 1 saturated heterocycles. The second-order valence-corrected chi connectivity index (χ2v) is 3.52. The predicted octanol–water partition coefficient (Wildman–Crippen LogP) is -0.121. The van der Waals surface area contributed by atoms with Crippen LogP contribution < -0.4 is 9.97 Å². The maximum Gasteiger partial charge on any atom is 0.728 e. The number of hydrogen-bond donors (Lipinski definition) is 2. The number of hydrogen-bond acceptors (Lipinski definition) is 5. The molecular weight excluding hydrogens is 207 g/mol. The summed E-state index contributed by atoms with van der Waals surface area (Å²) in [5.74, 6) is 0.588. The van der Waals surface area contributed by atoms with E-state index in [1.165, 1.54) is 0 Å². The summed E-state index contributed by atoms with van der Waals surface area (Å²) in [4.78, 5) is 0. The Kier molecular flexibility index (Phi) is 4.18. The van der Waals surface area contributed by atoms with Gasteiger partial charge in [0.05, 0.1) is 0 Å². The minimum absolute atomic E-state index is 0.588. The molecule has 0 amide bonds. The van der Waals surface area contributed by atoms with Crippen LogP contribution >= 0.6 is 0 Å². The number of rotatable bonds is 4. The molecule has 2 rings (SSSR count). The van der Waals surface area contributed by atoms with Gasteiger partial charge in [-0.2, -0.15) is 5.06 Å². The van der Waals surface area contributed by atoms with E-state index in [-0.39, 0.29) is 0 Å². The van der Waals surface area contributed by atoms with E-state index >= 15 is 0 Å². The van der Waals surface area contributed by atoms with Crippen molar-refractivity contribution in [2.45, 2.75) is 0 Å². The third-order valence-electron chi connectivity index (χ3n) is 2.30. The lowest BCUT2D eigenvalue weighted by Gasteiger charge is -2.27. The topological polar surface area (TPSA) is 54.0 Å². The van der Waals surface area contributed by atoms with Crippen LogP contribution in [-0.2, 0) is 4.76 Å². The molecule has 6 heteroatoms. The lowest BCUT2D eigenvalue weighted by atomic mass is 10.2. The van der Waals surface area contributed by atoms with E-state index in [1.54, 1.807) is 17.2 Å². The summed E-state index contributed by atoms with van der Waals surface area (Å²) in [6.07, 6.45) is 0. The van der Waals surface area contributed by atoms with Crippen LogP contribution in [0.2, 0.25) is 0 Å². The summed E-state index contributed by atoms with van der Waals surface area (Å²) in [5.41, 5.74) is 0. The molecule has 0 aliphatic carbocycles. The molecule has 1 aliphatic rings. The summed E-state index contributed by atoms with van der Waals surface area (Å²) < 4.78 is 10.4. The van der Waals surface area contributed by atoms with Crippen molar-refractivity contribution < 1.29 is 14.4 Å². The van der Waals surface area contributed by atoms with Crippen molar-refractivity contribution in [2.24, 2.45) is 0 Å². The third-order valence-corrected chi connectivity index (χ3v) is 2.30. The van der Waals surface area contributed by atoms with E-state index < -0.39 is 7.32 Å². The van der Waals surface area contributed by atoms with Gasteiger partial charge >= 0.3 is 7.32 Å². The molecule has 16 heavy (non-hydrogen) atoms. The zero-order valence-corrected chi connectivity index (χ0v) is 9.00. The van der Waals surface area contributed by atoms with Crippen LogP contribution in [0.25, 0.3) is 0 Å². The number of piperazine rings is 1. The third kappa shape index (κ3) is 3.50.